The van der Waals surface area contributed by atoms with E-state index >= 15 is 0 Å². The van der Waals surface area contributed by atoms with E-state index in [1.807, 2.05) is 6.92 Å². The first-order valence-corrected chi connectivity index (χ1v) is 7.31. The van der Waals surface area contributed by atoms with Gasteiger partial charge >= 0.3 is 5.97 Å². The van der Waals surface area contributed by atoms with Crippen molar-refractivity contribution in [2.75, 3.05) is 13.7 Å². The minimum atomic E-state index is -0.521. The quantitative estimate of drug-likeness (QED) is 0.814. The second-order valence-corrected chi connectivity index (χ2v) is 5.37. The number of halogens is 1. The highest BCUT2D eigenvalue weighted by molar-refractivity contribution is 5.99. The Morgan fingerprint density at radius 3 is 2.96 bits per heavy atom. The molecule has 0 N–H and O–H groups in total. The number of amides is 1. The Labute approximate surface area is 132 Å². The van der Waals surface area contributed by atoms with Crippen molar-refractivity contribution in [3.05, 3.63) is 47.3 Å². The first-order valence-electron chi connectivity index (χ1n) is 7.31. The molecule has 0 radical (unpaired) electrons. The van der Waals surface area contributed by atoms with Crippen LogP contribution in [0.25, 0.3) is 5.69 Å². The van der Waals surface area contributed by atoms with Gasteiger partial charge in [-0.1, -0.05) is 6.92 Å². The maximum Gasteiger partial charge on any atom is 0.358 e. The van der Waals surface area contributed by atoms with E-state index < -0.39 is 11.8 Å². The minimum absolute atomic E-state index is 0.176. The molecule has 0 aliphatic carbocycles. The van der Waals surface area contributed by atoms with Crippen molar-refractivity contribution in [1.82, 2.24) is 14.5 Å². The predicted molar refractivity (Wildman–Crippen MR) is 79.9 cm³/mol. The van der Waals surface area contributed by atoms with Crippen LogP contribution in [0, 0.1) is 5.82 Å². The lowest BCUT2D eigenvalue weighted by Crippen LogP contribution is -2.26. The topological polar surface area (TPSA) is 64.4 Å². The van der Waals surface area contributed by atoms with Crippen molar-refractivity contribution in [2.45, 2.75) is 19.9 Å². The molecule has 0 unspecified atom stereocenters. The highest BCUT2D eigenvalue weighted by Gasteiger charge is 2.29. The maximum atomic E-state index is 13.5. The minimum Gasteiger partial charge on any atom is -0.461 e. The fraction of sp³-hybridized carbons (Fsp3) is 0.312. The van der Waals surface area contributed by atoms with Crippen LogP contribution in [0.1, 0.15) is 39.9 Å². The predicted octanol–water partition coefficient (Wildman–Crippen LogP) is 2.16. The van der Waals surface area contributed by atoms with Gasteiger partial charge in [0.2, 0.25) is 0 Å². The average molecular weight is 317 g/mol. The van der Waals surface area contributed by atoms with E-state index in [4.69, 9.17) is 4.74 Å². The van der Waals surface area contributed by atoms with E-state index in [0.717, 1.165) is 0 Å². The summed E-state index contributed by atoms with van der Waals surface area (Å²) in [4.78, 5) is 30.1. The number of ether oxygens (including phenoxy) is 1. The van der Waals surface area contributed by atoms with Crippen molar-refractivity contribution >= 4 is 11.9 Å². The highest BCUT2D eigenvalue weighted by Crippen LogP contribution is 2.26. The zero-order chi connectivity index (χ0) is 16.6. The summed E-state index contributed by atoms with van der Waals surface area (Å²) in [5.41, 5.74) is 1.46. The lowest BCUT2D eigenvalue weighted by molar-refractivity contribution is 0.0494. The molecule has 1 amide bonds. The van der Waals surface area contributed by atoms with E-state index in [1.165, 1.54) is 29.4 Å². The van der Waals surface area contributed by atoms with E-state index in [9.17, 15) is 14.0 Å². The summed E-state index contributed by atoms with van der Waals surface area (Å²) >= 11 is 0. The van der Waals surface area contributed by atoms with Gasteiger partial charge in [0.15, 0.2) is 5.69 Å². The molecule has 0 bridgehead atoms. The second kappa shape index (κ2) is 5.83. The molecule has 2 aromatic rings. The van der Waals surface area contributed by atoms with Gasteiger partial charge in [-0.15, -0.1) is 0 Å². The van der Waals surface area contributed by atoms with Crippen molar-refractivity contribution in [2.24, 2.45) is 0 Å². The molecule has 0 spiro atoms. The maximum absolute atomic E-state index is 13.5. The molecule has 2 heterocycles. The molecule has 0 fully saturated rings. The van der Waals surface area contributed by atoms with Gasteiger partial charge in [-0.05, 0) is 24.6 Å². The fourth-order valence-electron chi connectivity index (χ4n) is 2.56. The number of carbonyl (C=O) groups excluding carboxylic acids is 2. The molecule has 1 aliphatic heterocycles. The SMILES string of the molecule is CCCOC(=O)c1ncn2c1CN(C)C(=O)c1cc(F)ccc1-2. The van der Waals surface area contributed by atoms with Crippen molar-refractivity contribution in [3.63, 3.8) is 0 Å². The fourth-order valence-corrected chi connectivity index (χ4v) is 2.56. The van der Waals surface area contributed by atoms with E-state index in [-0.39, 0.29) is 23.7 Å². The monoisotopic (exact) mass is 317 g/mol. The third-order valence-electron chi connectivity index (χ3n) is 3.68. The smallest absolute Gasteiger partial charge is 0.358 e. The molecule has 0 atom stereocenters. The molecular formula is C16H16FN3O3. The highest BCUT2D eigenvalue weighted by atomic mass is 19.1. The summed E-state index contributed by atoms with van der Waals surface area (Å²) in [5.74, 6) is -1.32. The number of aromatic nitrogens is 2. The Kier molecular flexibility index (Phi) is 3.85. The van der Waals surface area contributed by atoms with E-state index in [0.29, 0.717) is 24.4 Å². The molecule has 0 saturated carbocycles. The summed E-state index contributed by atoms with van der Waals surface area (Å²) in [5, 5.41) is 0. The van der Waals surface area contributed by atoms with Crippen LogP contribution in [0.3, 0.4) is 0 Å². The molecule has 7 heteroatoms. The van der Waals surface area contributed by atoms with Crippen LogP contribution >= 0.6 is 0 Å². The van der Waals surface area contributed by atoms with Crippen LogP contribution in [0.2, 0.25) is 0 Å². The molecule has 3 rings (SSSR count). The summed E-state index contributed by atoms with van der Waals surface area (Å²) in [7, 11) is 1.60. The number of hydrogen-bond acceptors (Lipinski definition) is 4. The molecular weight excluding hydrogens is 301 g/mol. The third kappa shape index (κ3) is 2.58. The number of fused-ring (bicyclic) bond motifs is 3. The van der Waals surface area contributed by atoms with Crippen LogP contribution in [0.4, 0.5) is 4.39 Å². The van der Waals surface area contributed by atoms with Gasteiger partial charge in [0.25, 0.3) is 5.91 Å². The van der Waals surface area contributed by atoms with E-state index in [1.54, 1.807) is 11.6 Å². The Morgan fingerprint density at radius 1 is 1.43 bits per heavy atom. The molecule has 1 aromatic heterocycles. The van der Waals surface area contributed by atoms with Gasteiger partial charge in [-0.2, -0.15) is 0 Å². The van der Waals surface area contributed by atoms with E-state index in [2.05, 4.69) is 4.98 Å². The molecule has 1 aromatic carbocycles. The lowest BCUT2D eigenvalue weighted by Gasteiger charge is -2.14. The zero-order valence-corrected chi connectivity index (χ0v) is 12.9. The second-order valence-electron chi connectivity index (χ2n) is 5.37. The Hall–Kier alpha value is -2.70. The molecule has 23 heavy (non-hydrogen) atoms. The number of benzene rings is 1. The average Bonchev–Trinajstić information content (AvgIpc) is 2.91. The summed E-state index contributed by atoms with van der Waals surface area (Å²) in [6.07, 6.45) is 2.17. The van der Waals surface area contributed by atoms with Gasteiger partial charge < -0.3 is 9.64 Å². The Bertz CT molecular complexity index is 785. The van der Waals surface area contributed by atoms with Crippen molar-refractivity contribution in [3.8, 4) is 5.69 Å². The largest absolute Gasteiger partial charge is 0.461 e. The zero-order valence-electron chi connectivity index (χ0n) is 12.9. The van der Waals surface area contributed by atoms with Gasteiger partial charge in [0.05, 0.1) is 30.1 Å². The Morgan fingerprint density at radius 2 is 2.22 bits per heavy atom. The van der Waals surface area contributed by atoms with Gasteiger partial charge in [-0.25, -0.2) is 14.2 Å². The molecule has 6 nitrogen and oxygen atoms in total. The summed E-state index contributed by atoms with van der Waals surface area (Å²) < 4.78 is 20.3. The number of nitrogens with zero attached hydrogens (tertiary/aromatic N) is 3. The third-order valence-corrected chi connectivity index (χ3v) is 3.68. The van der Waals surface area contributed by atoms with Gasteiger partial charge in [-0.3, -0.25) is 9.36 Å². The van der Waals surface area contributed by atoms with Crippen LogP contribution in [-0.2, 0) is 11.3 Å². The van der Waals surface area contributed by atoms with Crippen LogP contribution in [0.15, 0.2) is 24.5 Å². The summed E-state index contributed by atoms with van der Waals surface area (Å²) in [6.45, 7) is 2.39. The van der Waals surface area contributed by atoms with Crippen molar-refractivity contribution in [1.29, 1.82) is 0 Å². The number of imidazole rings is 1. The van der Waals surface area contributed by atoms with Crippen LogP contribution < -0.4 is 0 Å². The number of carbonyl (C=O) groups is 2. The lowest BCUT2D eigenvalue weighted by atomic mass is 10.1. The first-order chi connectivity index (χ1) is 11.0. The van der Waals surface area contributed by atoms with Crippen LogP contribution in [0.5, 0.6) is 0 Å². The standard InChI is InChI=1S/C16H16FN3O3/c1-3-6-23-16(22)14-13-8-19(2)15(21)11-7-10(17)4-5-12(11)20(13)9-18-14/h4-5,7,9H,3,6,8H2,1-2H3. The summed E-state index contributed by atoms with van der Waals surface area (Å²) in [6, 6.07) is 3.97. The normalized spacial score (nSPS) is 13.3. The Balaban J connectivity index is 2.12. The van der Waals surface area contributed by atoms with Gasteiger partial charge in [0.1, 0.15) is 12.1 Å². The number of hydrogen-bond donors (Lipinski definition) is 0. The van der Waals surface area contributed by atoms with Crippen molar-refractivity contribution < 1.29 is 18.7 Å². The first kappa shape index (κ1) is 15.2. The number of esters is 1. The molecule has 1 aliphatic rings. The van der Waals surface area contributed by atoms with Crippen LogP contribution in [-0.4, -0.2) is 40.0 Å². The molecule has 0 saturated heterocycles. The number of rotatable bonds is 3. The van der Waals surface area contributed by atoms with Gasteiger partial charge in [0, 0.05) is 7.05 Å². The molecule has 120 valence electrons.